The molecule has 0 saturated carbocycles. The zero-order valence-corrected chi connectivity index (χ0v) is 15.4. The number of carbonyl (C=O) groups is 2. The summed E-state index contributed by atoms with van der Waals surface area (Å²) in [4.78, 5) is 35.2. The normalized spacial score (nSPS) is 16.5. The highest BCUT2D eigenvalue weighted by Crippen LogP contribution is 2.32. The van der Waals surface area contributed by atoms with Crippen molar-refractivity contribution in [3.63, 3.8) is 0 Å². The van der Waals surface area contributed by atoms with Crippen molar-refractivity contribution in [3.8, 4) is 0 Å². The number of allylic oxidation sites excluding steroid dienone is 1. The number of benzene rings is 2. The Morgan fingerprint density at radius 1 is 1.17 bits per heavy atom. The van der Waals surface area contributed by atoms with Crippen molar-refractivity contribution in [3.05, 3.63) is 81.0 Å². The zero-order valence-electron chi connectivity index (χ0n) is 15.4. The number of rotatable bonds is 4. The van der Waals surface area contributed by atoms with Crippen LogP contribution >= 0.6 is 0 Å². The van der Waals surface area contributed by atoms with Crippen LogP contribution in [0.5, 0.6) is 0 Å². The van der Waals surface area contributed by atoms with Crippen LogP contribution in [0.1, 0.15) is 24.1 Å². The smallest absolute Gasteiger partial charge is 0.327 e. The van der Waals surface area contributed by atoms with E-state index in [9.17, 15) is 32.9 Å². The minimum Gasteiger partial charge on any atom is -0.327 e. The number of hydrogen-bond acceptors (Lipinski definition) is 4. The van der Waals surface area contributed by atoms with Gasteiger partial charge in [0.2, 0.25) is 0 Å². The van der Waals surface area contributed by atoms with E-state index in [1.165, 1.54) is 37.3 Å². The summed E-state index contributed by atoms with van der Waals surface area (Å²) in [5.41, 5.74) is -0.823. The third-order valence-corrected chi connectivity index (χ3v) is 4.38. The van der Waals surface area contributed by atoms with Crippen LogP contribution in [0.25, 0.3) is 0 Å². The molecule has 8 nitrogen and oxygen atoms in total. The fourth-order valence-electron chi connectivity index (χ4n) is 3.03. The lowest BCUT2D eigenvalue weighted by Crippen LogP contribution is -2.46. The lowest BCUT2D eigenvalue weighted by Gasteiger charge is -2.28. The summed E-state index contributed by atoms with van der Waals surface area (Å²) in [6.07, 6.45) is -4.58. The van der Waals surface area contributed by atoms with Gasteiger partial charge < -0.3 is 16.0 Å². The molecular formula is C19H15F3N4O4. The molecule has 3 amide bonds. The molecule has 0 unspecified atom stereocenters. The number of halogens is 3. The molecule has 0 fully saturated rings. The highest BCUT2D eigenvalue weighted by atomic mass is 19.4. The Hall–Kier alpha value is -3.89. The predicted octanol–water partition coefficient (Wildman–Crippen LogP) is 3.88. The number of nitrogens with zero attached hydrogens (tertiary/aromatic N) is 1. The molecule has 30 heavy (non-hydrogen) atoms. The summed E-state index contributed by atoms with van der Waals surface area (Å²) in [6.45, 7) is 1.45. The third kappa shape index (κ3) is 4.40. The molecule has 3 N–H and O–H groups in total. The Morgan fingerprint density at radius 3 is 2.53 bits per heavy atom. The van der Waals surface area contributed by atoms with Gasteiger partial charge in [0.25, 0.3) is 11.6 Å². The van der Waals surface area contributed by atoms with Gasteiger partial charge in [0.05, 0.1) is 22.1 Å². The average Bonchev–Trinajstić information content (AvgIpc) is 2.67. The molecule has 1 aliphatic heterocycles. The molecule has 11 heteroatoms. The van der Waals surface area contributed by atoms with Crippen LogP contribution < -0.4 is 16.0 Å². The molecule has 1 heterocycles. The first-order valence-electron chi connectivity index (χ1n) is 8.57. The van der Waals surface area contributed by atoms with Gasteiger partial charge in [-0.05, 0) is 30.7 Å². The van der Waals surface area contributed by atoms with Crippen molar-refractivity contribution in [2.24, 2.45) is 0 Å². The molecule has 1 aliphatic rings. The number of nitro groups is 1. The van der Waals surface area contributed by atoms with Gasteiger partial charge >= 0.3 is 12.2 Å². The second kappa shape index (κ2) is 7.85. The number of urea groups is 1. The summed E-state index contributed by atoms with van der Waals surface area (Å²) in [6, 6.07) is 7.79. The maximum atomic E-state index is 12.9. The van der Waals surface area contributed by atoms with Gasteiger partial charge in [0, 0.05) is 23.5 Å². The number of carbonyl (C=O) groups excluding carboxylic acids is 2. The first-order valence-corrected chi connectivity index (χ1v) is 8.57. The third-order valence-electron chi connectivity index (χ3n) is 4.38. The standard InChI is InChI=1S/C19H15F3N4O4/c1-10-15(17(27)24-13-6-3-5-12(9-13)19(20,21)22)16(25-18(28)23-10)11-4-2-7-14(8-11)26(29)30/h2-9,16H,1H3,(H,24,27)(H2,23,25,28)/t16-/m1/s1. The fourth-order valence-corrected chi connectivity index (χ4v) is 3.03. The van der Waals surface area contributed by atoms with Crippen molar-refractivity contribution in [1.29, 1.82) is 0 Å². The van der Waals surface area contributed by atoms with E-state index in [2.05, 4.69) is 16.0 Å². The van der Waals surface area contributed by atoms with Crippen molar-refractivity contribution < 1.29 is 27.7 Å². The fraction of sp³-hybridized carbons (Fsp3) is 0.158. The van der Waals surface area contributed by atoms with Crippen LogP contribution in [0.15, 0.2) is 59.8 Å². The molecule has 3 rings (SSSR count). The molecule has 0 bridgehead atoms. The summed E-state index contributed by atoms with van der Waals surface area (Å²) in [7, 11) is 0. The summed E-state index contributed by atoms with van der Waals surface area (Å²) in [5, 5.41) is 18.4. The minimum atomic E-state index is -4.58. The molecule has 0 saturated heterocycles. The minimum absolute atomic E-state index is 0.00695. The van der Waals surface area contributed by atoms with Gasteiger partial charge in [0.1, 0.15) is 0 Å². The maximum absolute atomic E-state index is 12.9. The van der Waals surface area contributed by atoms with E-state index < -0.39 is 34.6 Å². The SMILES string of the molecule is CC1=C(C(=O)Nc2cccc(C(F)(F)F)c2)[C@@H](c2cccc([N+](=O)[O-])c2)NC(=O)N1. The van der Waals surface area contributed by atoms with Crippen molar-refractivity contribution >= 4 is 23.3 Å². The maximum Gasteiger partial charge on any atom is 0.416 e. The first-order chi connectivity index (χ1) is 14.1. The molecule has 0 aromatic heterocycles. The van der Waals surface area contributed by atoms with Gasteiger partial charge in [0.15, 0.2) is 0 Å². The van der Waals surface area contributed by atoms with Gasteiger partial charge in [-0.2, -0.15) is 13.2 Å². The number of non-ortho nitro benzene ring substituents is 1. The second-order valence-corrected chi connectivity index (χ2v) is 6.45. The molecule has 2 aromatic rings. The topological polar surface area (TPSA) is 113 Å². The number of amides is 3. The second-order valence-electron chi connectivity index (χ2n) is 6.45. The number of hydrogen-bond donors (Lipinski definition) is 3. The lowest BCUT2D eigenvalue weighted by atomic mass is 9.94. The molecule has 0 radical (unpaired) electrons. The first kappa shape index (κ1) is 20.8. The Labute approximate surface area is 167 Å². The van der Waals surface area contributed by atoms with Crippen LogP contribution in [0.4, 0.5) is 29.3 Å². The Morgan fingerprint density at radius 2 is 1.87 bits per heavy atom. The van der Waals surface area contributed by atoms with Gasteiger partial charge in [-0.1, -0.05) is 18.2 Å². The quantitative estimate of drug-likeness (QED) is 0.515. The number of anilines is 1. The van der Waals surface area contributed by atoms with Crippen molar-refractivity contribution in [2.75, 3.05) is 5.32 Å². The largest absolute Gasteiger partial charge is 0.416 e. The molecular weight excluding hydrogens is 405 g/mol. The molecule has 156 valence electrons. The highest BCUT2D eigenvalue weighted by molar-refractivity contribution is 6.06. The van der Waals surface area contributed by atoms with Crippen molar-refractivity contribution in [1.82, 2.24) is 10.6 Å². The van der Waals surface area contributed by atoms with E-state index in [0.29, 0.717) is 0 Å². The van der Waals surface area contributed by atoms with Gasteiger partial charge in [-0.15, -0.1) is 0 Å². The van der Waals surface area contributed by atoms with Crippen LogP contribution in [0.3, 0.4) is 0 Å². The molecule has 1 atom stereocenters. The van der Waals surface area contributed by atoms with E-state index in [-0.39, 0.29) is 28.2 Å². The average molecular weight is 420 g/mol. The number of alkyl halides is 3. The van der Waals surface area contributed by atoms with Crippen LogP contribution in [-0.2, 0) is 11.0 Å². The van der Waals surface area contributed by atoms with E-state index in [1.54, 1.807) is 0 Å². The predicted molar refractivity (Wildman–Crippen MR) is 100 cm³/mol. The summed E-state index contributed by atoms with van der Waals surface area (Å²) in [5.74, 6) is -0.768. The van der Waals surface area contributed by atoms with E-state index in [4.69, 9.17) is 0 Å². The molecule has 0 spiro atoms. The van der Waals surface area contributed by atoms with E-state index >= 15 is 0 Å². The van der Waals surface area contributed by atoms with Gasteiger partial charge in [-0.25, -0.2) is 4.79 Å². The number of nitro benzene ring substituents is 1. The summed E-state index contributed by atoms with van der Waals surface area (Å²) >= 11 is 0. The monoisotopic (exact) mass is 420 g/mol. The highest BCUT2D eigenvalue weighted by Gasteiger charge is 2.33. The Balaban J connectivity index is 1.96. The Bertz CT molecular complexity index is 1070. The van der Waals surface area contributed by atoms with Gasteiger partial charge in [-0.3, -0.25) is 14.9 Å². The van der Waals surface area contributed by atoms with Crippen molar-refractivity contribution in [2.45, 2.75) is 19.1 Å². The van der Waals surface area contributed by atoms with Crippen LogP contribution in [0, 0.1) is 10.1 Å². The lowest BCUT2D eigenvalue weighted by molar-refractivity contribution is -0.384. The van der Waals surface area contributed by atoms with E-state index in [0.717, 1.165) is 18.2 Å². The molecule has 0 aliphatic carbocycles. The van der Waals surface area contributed by atoms with Crippen LogP contribution in [0.2, 0.25) is 0 Å². The van der Waals surface area contributed by atoms with E-state index in [1.807, 2.05) is 0 Å². The Kier molecular flexibility index (Phi) is 5.45. The molecule has 2 aromatic carbocycles. The number of nitrogens with one attached hydrogen (secondary N) is 3. The van der Waals surface area contributed by atoms with Crippen LogP contribution in [-0.4, -0.2) is 16.9 Å². The summed E-state index contributed by atoms with van der Waals surface area (Å²) < 4.78 is 38.8. The zero-order chi connectivity index (χ0) is 22.1.